The second-order valence-electron chi connectivity index (χ2n) is 1.26. The van der Waals surface area contributed by atoms with E-state index in [1.165, 1.54) is 0 Å². The van der Waals surface area contributed by atoms with Gasteiger partial charge in [0.1, 0.15) is 6.11 Å². The molecule has 0 rings (SSSR count). The third kappa shape index (κ3) is 8.03. The van der Waals surface area contributed by atoms with Gasteiger partial charge in [0.25, 0.3) is 0 Å². The van der Waals surface area contributed by atoms with Gasteiger partial charge in [0.05, 0.1) is 0 Å². The quantitative estimate of drug-likeness (QED) is 0.405. The van der Waals surface area contributed by atoms with Crippen LogP contribution in [0.1, 0.15) is 0 Å². The molecule has 1 atom stereocenters. The van der Waals surface area contributed by atoms with Gasteiger partial charge >= 0.3 is 0 Å². The van der Waals surface area contributed by atoms with Crippen molar-refractivity contribution in [2.24, 2.45) is 0 Å². The maximum Gasteiger partial charge on any atom is 0.122 e. The molecule has 0 aliphatic carbocycles. The molecular weight excluding hydrogens is 167 g/mol. The van der Waals surface area contributed by atoms with Crippen LogP contribution in [0.5, 0.6) is 0 Å². The summed E-state index contributed by atoms with van der Waals surface area (Å²) in [7, 11) is 2.21. The van der Waals surface area contributed by atoms with Gasteiger partial charge in [-0.2, -0.15) is 0 Å². The topological polar surface area (TPSA) is 20.2 Å². The van der Waals surface area contributed by atoms with Crippen LogP contribution in [0.2, 0.25) is 0 Å². The lowest BCUT2D eigenvalue weighted by Gasteiger charge is -1.54. The number of hydrogen-bond donors (Lipinski definition) is 1. The van der Waals surface area contributed by atoms with Crippen LogP contribution in [0.15, 0.2) is 0 Å². The van der Waals surface area contributed by atoms with E-state index >= 15 is 0 Å². The van der Waals surface area contributed by atoms with Gasteiger partial charge in [-0.25, -0.2) is 0 Å². The average molecular weight is 170 g/mol. The van der Waals surface area contributed by atoms with E-state index in [0.717, 1.165) is 0 Å². The molecule has 0 saturated carbocycles. The molecule has 0 aliphatic heterocycles. The molecule has 0 fully saturated rings. The maximum absolute atomic E-state index is 7.98. The predicted molar refractivity (Wildman–Crippen MR) is 50.5 cm³/mol. The highest BCUT2D eigenvalue weighted by atomic mass is 31.0. The molecule has 0 aliphatic rings. The molecule has 12 heavy (non-hydrogen) atoms. The van der Waals surface area contributed by atoms with Crippen LogP contribution < -0.4 is 0 Å². The second-order valence-corrected chi connectivity index (χ2v) is 1.54. The first-order valence-electron chi connectivity index (χ1n) is 2.76. The standard InChI is InChI=1S/C10H3OP/c11-9-7-5-3-1-2-4-6-8-10-12/h11H,12H2. The summed E-state index contributed by atoms with van der Waals surface area (Å²) in [5, 5.41) is 7.98. The van der Waals surface area contributed by atoms with Crippen LogP contribution in [-0.2, 0) is 0 Å². The van der Waals surface area contributed by atoms with Crippen molar-refractivity contribution in [1.82, 2.24) is 0 Å². The molecule has 1 nitrogen and oxygen atoms in total. The second kappa shape index (κ2) is 9.03. The van der Waals surface area contributed by atoms with E-state index < -0.39 is 0 Å². The fraction of sp³-hybridized carbons (Fsp3) is 0. The Morgan fingerprint density at radius 1 is 0.667 bits per heavy atom. The van der Waals surface area contributed by atoms with Crippen LogP contribution in [0, 0.1) is 59.1 Å². The van der Waals surface area contributed by atoms with Crippen molar-refractivity contribution in [2.75, 3.05) is 0 Å². The molecule has 0 spiro atoms. The molecule has 0 aromatic heterocycles. The van der Waals surface area contributed by atoms with Crippen molar-refractivity contribution in [3.8, 4) is 59.1 Å². The zero-order valence-electron chi connectivity index (χ0n) is 6.02. The van der Waals surface area contributed by atoms with Gasteiger partial charge in [0, 0.05) is 23.7 Å². The lowest BCUT2D eigenvalue weighted by molar-refractivity contribution is 0.517. The monoisotopic (exact) mass is 170 g/mol. The SMILES string of the molecule is OC#CC#CC#CC#CC#CP. The molecule has 0 aromatic rings. The third-order valence-electron chi connectivity index (χ3n) is 0.566. The fourth-order valence-electron chi connectivity index (χ4n) is 0.252. The molecule has 0 bridgehead atoms. The van der Waals surface area contributed by atoms with Crippen LogP contribution >= 0.6 is 9.24 Å². The highest BCUT2D eigenvalue weighted by molar-refractivity contribution is 7.23. The number of aliphatic hydroxyl groups is 1. The number of hydrogen-bond acceptors (Lipinski definition) is 1. The average Bonchev–Trinajstić information content (AvgIpc) is 2.10. The zero-order chi connectivity index (χ0) is 9.07. The van der Waals surface area contributed by atoms with Crippen molar-refractivity contribution in [3.05, 3.63) is 0 Å². The zero-order valence-corrected chi connectivity index (χ0v) is 7.18. The van der Waals surface area contributed by atoms with Crippen LogP contribution in [0.4, 0.5) is 0 Å². The number of aliphatic hydroxyl groups excluding tert-OH is 1. The van der Waals surface area contributed by atoms with E-state index in [1.54, 1.807) is 6.11 Å². The van der Waals surface area contributed by atoms with Gasteiger partial charge in [-0.3, -0.25) is 0 Å². The van der Waals surface area contributed by atoms with Crippen molar-refractivity contribution >= 4 is 9.24 Å². The van der Waals surface area contributed by atoms with Crippen LogP contribution in [-0.4, -0.2) is 5.11 Å². The Balaban J connectivity index is 4.07. The highest BCUT2D eigenvalue weighted by Crippen LogP contribution is 1.66. The summed E-state index contributed by atoms with van der Waals surface area (Å²) in [4.78, 5) is 0. The summed E-state index contributed by atoms with van der Waals surface area (Å²) >= 11 is 0. The van der Waals surface area contributed by atoms with Crippen LogP contribution in [0.25, 0.3) is 0 Å². The highest BCUT2D eigenvalue weighted by Gasteiger charge is 1.54. The lowest BCUT2D eigenvalue weighted by atomic mass is 10.5. The van der Waals surface area contributed by atoms with Gasteiger partial charge in [-0.1, -0.05) is 14.9 Å². The Bertz CT molecular complexity index is 391. The summed E-state index contributed by atoms with van der Waals surface area (Å²) in [5.41, 5.74) is 2.51. The minimum Gasteiger partial charge on any atom is -0.461 e. The minimum atomic E-state index is 1.63. The van der Waals surface area contributed by atoms with Gasteiger partial charge in [-0.05, 0) is 23.7 Å². The van der Waals surface area contributed by atoms with Crippen molar-refractivity contribution in [1.29, 1.82) is 0 Å². The van der Waals surface area contributed by atoms with Crippen molar-refractivity contribution in [2.45, 2.75) is 0 Å². The van der Waals surface area contributed by atoms with Crippen molar-refractivity contribution < 1.29 is 5.11 Å². The van der Waals surface area contributed by atoms with Crippen LogP contribution in [0.3, 0.4) is 0 Å². The molecule has 0 amide bonds. The summed E-state index contributed by atoms with van der Waals surface area (Å²) < 4.78 is 0. The molecule has 2 heteroatoms. The summed E-state index contributed by atoms with van der Waals surface area (Å²) in [6.45, 7) is 0. The molecular formula is C10H3OP. The maximum atomic E-state index is 7.98. The largest absolute Gasteiger partial charge is 0.461 e. The van der Waals surface area contributed by atoms with E-state index in [-0.39, 0.29) is 0 Å². The van der Waals surface area contributed by atoms with Gasteiger partial charge in [-0.15, -0.1) is 0 Å². The molecule has 0 aromatic carbocycles. The first kappa shape index (κ1) is 10.0. The summed E-state index contributed by atoms with van der Waals surface area (Å²) in [5.74, 6) is 19.0. The first-order valence-corrected chi connectivity index (χ1v) is 3.34. The Morgan fingerprint density at radius 3 is 1.50 bits per heavy atom. The van der Waals surface area contributed by atoms with Gasteiger partial charge in [0.2, 0.25) is 0 Å². The van der Waals surface area contributed by atoms with E-state index in [0.29, 0.717) is 0 Å². The summed E-state index contributed by atoms with van der Waals surface area (Å²) in [6, 6.07) is 0. The molecule has 54 valence electrons. The normalized spacial score (nSPS) is 3.75. The smallest absolute Gasteiger partial charge is 0.122 e. The minimum absolute atomic E-state index is 1.63. The first-order chi connectivity index (χ1) is 5.91. The molecule has 0 heterocycles. The van der Waals surface area contributed by atoms with E-state index in [4.69, 9.17) is 5.11 Å². The Labute approximate surface area is 74.1 Å². The molecule has 0 radical (unpaired) electrons. The summed E-state index contributed by atoms with van der Waals surface area (Å²) in [6.07, 6.45) is 1.63. The molecule has 1 N–H and O–H groups in total. The van der Waals surface area contributed by atoms with E-state index in [1.807, 2.05) is 0 Å². The van der Waals surface area contributed by atoms with E-state index in [2.05, 4.69) is 62.3 Å². The molecule has 1 unspecified atom stereocenters. The van der Waals surface area contributed by atoms with E-state index in [9.17, 15) is 0 Å². The van der Waals surface area contributed by atoms with Gasteiger partial charge in [0.15, 0.2) is 0 Å². The lowest BCUT2D eigenvalue weighted by Crippen LogP contribution is -1.54. The fourth-order valence-corrected chi connectivity index (χ4v) is 0.324. The Kier molecular flexibility index (Phi) is 7.55. The molecule has 0 saturated heterocycles. The number of rotatable bonds is 0. The van der Waals surface area contributed by atoms with Gasteiger partial charge < -0.3 is 5.11 Å². The third-order valence-corrected chi connectivity index (χ3v) is 0.710. The predicted octanol–water partition coefficient (Wildman–Crippen LogP) is 0.166. The Morgan fingerprint density at radius 2 is 1.08 bits per heavy atom. The van der Waals surface area contributed by atoms with Crippen molar-refractivity contribution in [3.63, 3.8) is 0 Å². The Hall–Kier alpha value is -1.97.